The lowest BCUT2D eigenvalue weighted by Gasteiger charge is -2.24. The van der Waals surface area contributed by atoms with E-state index in [1.165, 1.54) is 0 Å². The molecule has 1 unspecified atom stereocenters. The Balaban J connectivity index is 2.39. The molecule has 1 rings (SSSR count). The minimum atomic E-state index is 0.136. The van der Waals surface area contributed by atoms with Crippen LogP contribution in [0.4, 0.5) is 0 Å². The van der Waals surface area contributed by atoms with E-state index in [0.717, 1.165) is 16.8 Å². The highest BCUT2D eigenvalue weighted by atomic mass is 79.9. The van der Waals surface area contributed by atoms with Crippen LogP contribution in [0.5, 0.6) is 5.75 Å². The van der Waals surface area contributed by atoms with E-state index in [0.29, 0.717) is 0 Å². The van der Waals surface area contributed by atoms with Gasteiger partial charge in [-0.1, -0.05) is 15.9 Å². The Morgan fingerprint density at radius 3 is 2.31 bits per heavy atom. The van der Waals surface area contributed by atoms with Crippen molar-refractivity contribution in [1.82, 2.24) is 5.32 Å². The van der Waals surface area contributed by atoms with Gasteiger partial charge in [-0.25, -0.2) is 0 Å². The first-order chi connectivity index (χ1) is 7.37. The van der Waals surface area contributed by atoms with Crippen LogP contribution in [0.1, 0.15) is 27.7 Å². The van der Waals surface area contributed by atoms with Gasteiger partial charge in [0.15, 0.2) is 0 Å². The summed E-state index contributed by atoms with van der Waals surface area (Å²) >= 11 is 3.40. The highest BCUT2D eigenvalue weighted by Gasteiger charge is 2.11. The predicted octanol–water partition coefficient (Wildman–Crippen LogP) is 3.60. The Kier molecular flexibility index (Phi) is 4.81. The van der Waals surface area contributed by atoms with Gasteiger partial charge in [0.25, 0.3) is 0 Å². The van der Waals surface area contributed by atoms with Crippen molar-refractivity contribution in [3.63, 3.8) is 0 Å². The molecule has 1 N–H and O–H groups in total. The average Bonchev–Trinajstić information content (AvgIpc) is 2.18. The average molecular weight is 286 g/mol. The molecule has 0 radical (unpaired) electrons. The first kappa shape index (κ1) is 13.5. The van der Waals surface area contributed by atoms with Gasteiger partial charge in [0.2, 0.25) is 0 Å². The minimum Gasteiger partial charge on any atom is -0.489 e. The normalized spacial score (nSPS) is 13.6. The van der Waals surface area contributed by atoms with Crippen molar-refractivity contribution in [3.05, 3.63) is 28.7 Å². The Labute approximate surface area is 107 Å². The fourth-order valence-electron chi connectivity index (χ4n) is 1.24. The lowest BCUT2D eigenvalue weighted by molar-refractivity contribution is 0.203. The fourth-order valence-corrected chi connectivity index (χ4v) is 1.50. The quantitative estimate of drug-likeness (QED) is 0.913. The number of rotatable bonds is 4. The molecule has 1 aromatic rings. The van der Waals surface area contributed by atoms with Gasteiger partial charge in [-0.05, 0) is 52.0 Å². The lowest BCUT2D eigenvalue weighted by Crippen LogP contribution is -2.41. The molecule has 0 spiro atoms. The van der Waals surface area contributed by atoms with Gasteiger partial charge in [-0.2, -0.15) is 0 Å². The molecule has 90 valence electrons. The van der Waals surface area contributed by atoms with E-state index in [2.05, 4.69) is 48.9 Å². The van der Waals surface area contributed by atoms with Gasteiger partial charge in [-0.3, -0.25) is 0 Å². The van der Waals surface area contributed by atoms with E-state index in [1.807, 2.05) is 24.3 Å². The van der Waals surface area contributed by atoms with Crippen LogP contribution in [0, 0.1) is 0 Å². The predicted molar refractivity (Wildman–Crippen MR) is 72.0 cm³/mol. The van der Waals surface area contributed by atoms with Crippen LogP contribution >= 0.6 is 15.9 Å². The highest BCUT2D eigenvalue weighted by Crippen LogP contribution is 2.17. The third-order valence-electron chi connectivity index (χ3n) is 2.07. The molecule has 0 saturated heterocycles. The zero-order valence-electron chi connectivity index (χ0n) is 10.4. The maximum Gasteiger partial charge on any atom is 0.119 e. The molecule has 0 fully saturated rings. The molecule has 16 heavy (non-hydrogen) atoms. The SMILES string of the molecule is CC(CNC(C)(C)C)Oc1ccc(Br)cc1. The van der Waals surface area contributed by atoms with Crippen molar-refractivity contribution in [2.45, 2.75) is 39.3 Å². The van der Waals surface area contributed by atoms with E-state index in [1.54, 1.807) is 0 Å². The van der Waals surface area contributed by atoms with Crippen molar-refractivity contribution in [2.24, 2.45) is 0 Å². The molecule has 0 saturated carbocycles. The summed E-state index contributed by atoms with van der Waals surface area (Å²) in [5, 5.41) is 3.42. The van der Waals surface area contributed by atoms with Gasteiger partial charge in [-0.15, -0.1) is 0 Å². The zero-order chi connectivity index (χ0) is 12.2. The molecule has 0 amide bonds. The molecule has 1 atom stereocenters. The van der Waals surface area contributed by atoms with E-state index >= 15 is 0 Å². The summed E-state index contributed by atoms with van der Waals surface area (Å²) in [6.07, 6.45) is 0.167. The van der Waals surface area contributed by atoms with Gasteiger partial charge in [0, 0.05) is 16.6 Å². The van der Waals surface area contributed by atoms with Crippen LogP contribution in [-0.2, 0) is 0 Å². The molecular weight excluding hydrogens is 266 g/mol. The number of hydrogen-bond donors (Lipinski definition) is 1. The Morgan fingerprint density at radius 1 is 1.25 bits per heavy atom. The molecule has 0 heterocycles. The zero-order valence-corrected chi connectivity index (χ0v) is 12.0. The van der Waals surface area contributed by atoms with Crippen LogP contribution in [-0.4, -0.2) is 18.2 Å². The topological polar surface area (TPSA) is 21.3 Å². The second kappa shape index (κ2) is 5.69. The minimum absolute atomic E-state index is 0.136. The van der Waals surface area contributed by atoms with Crippen LogP contribution in [0.3, 0.4) is 0 Å². The monoisotopic (exact) mass is 285 g/mol. The Hall–Kier alpha value is -0.540. The number of benzene rings is 1. The molecule has 1 aromatic carbocycles. The third-order valence-corrected chi connectivity index (χ3v) is 2.60. The number of ether oxygens (including phenoxy) is 1. The molecule has 2 nitrogen and oxygen atoms in total. The first-order valence-electron chi connectivity index (χ1n) is 5.54. The van der Waals surface area contributed by atoms with E-state index in [-0.39, 0.29) is 11.6 Å². The lowest BCUT2D eigenvalue weighted by atomic mass is 10.1. The summed E-state index contributed by atoms with van der Waals surface area (Å²) in [6, 6.07) is 7.91. The van der Waals surface area contributed by atoms with Crippen molar-refractivity contribution in [2.75, 3.05) is 6.54 Å². The largest absolute Gasteiger partial charge is 0.489 e. The van der Waals surface area contributed by atoms with Crippen molar-refractivity contribution in [1.29, 1.82) is 0 Å². The van der Waals surface area contributed by atoms with Crippen LogP contribution in [0.25, 0.3) is 0 Å². The van der Waals surface area contributed by atoms with Crippen LogP contribution < -0.4 is 10.1 Å². The third kappa shape index (κ3) is 5.52. The summed E-state index contributed by atoms with van der Waals surface area (Å²) < 4.78 is 6.85. The molecule has 0 aromatic heterocycles. The molecule has 3 heteroatoms. The van der Waals surface area contributed by atoms with Crippen LogP contribution in [0.15, 0.2) is 28.7 Å². The van der Waals surface area contributed by atoms with Crippen molar-refractivity contribution in [3.8, 4) is 5.75 Å². The second-order valence-electron chi connectivity index (χ2n) is 5.01. The smallest absolute Gasteiger partial charge is 0.119 e. The Morgan fingerprint density at radius 2 is 1.81 bits per heavy atom. The van der Waals surface area contributed by atoms with E-state index in [9.17, 15) is 0 Å². The van der Waals surface area contributed by atoms with Crippen molar-refractivity contribution >= 4 is 15.9 Å². The second-order valence-corrected chi connectivity index (χ2v) is 5.93. The summed E-state index contributed by atoms with van der Waals surface area (Å²) in [6.45, 7) is 9.37. The summed E-state index contributed by atoms with van der Waals surface area (Å²) in [7, 11) is 0. The Bertz CT molecular complexity index is 316. The van der Waals surface area contributed by atoms with E-state index < -0.39 is 0 Å². The summed E-state index contributed by atoms with van der Waals surface area (Å²) in [4.78, 5) is 0. The summed E-state index contributed by atoms with van der Waals surface area (Å²) in [5.74, 6) is 0.909. The number of nitrogens with one attached hydrogen (secondary N) is 1. The molecule has 0 aliphatic heterocycles. The molecule has 0 aliphatic rings. The van der Waals surface area contributed by atoms with Crippen molar-refractivity contribution < 1.29 is 4.74 Å². The highest BCUT2D eigenvalue weighted by molar-refractivity contribution is 9.10. The standard InChI is InChI=1S/C13H20BrNO/c1-10(9-15-13(2,3)4)16-12-7-5-11(14)6-8-12/h5-8,10,15H,9H2,1-4H3. The maximum atomic E-state index is 5.78. The van der Waals surface area contributed by atoms with Gasteiger partial charge in [0.1, 0.15) is 11.9 Å². The molecular formula is C13H20BrNO. The number of halogens is 1. The van der Waals surface area contributed by atoms with Gasteiger partial charge in [0.05, 0.1) is 0 Å². The molecule has 0 bridgehead atoms. The van der Waals surface area contributed by atoms with Gasteiger partial charge >= 0.3 is 0 Å². The molecule has 0 aliphatic carbocycles. The first-order valence-corrected chi connectivity index (χ1v) is 6.33. The fraction of sp³-hybridized carbons (Fsp3) is 0.538. The van der Waals surface area contributed by atoms with Gasteiger partial charge < -0.3 is 10.1 Å². The number of hydrogen-bond acceptors (Lipinski definition) is 2. The summed E-state index contributed by atoms with van der Waals surface area (Å²) in [5.41, 5.74) is 0.136. The van der Waals surface area contributed by atoms with Crippen LogP contribution in [0.2, 0.25) is 0 Å². The maximum absolute atomic E-state index is 5.78. The van der Waals surface area contributed by atoms with E-state index in [4.69, 9.17) is 4.74 Å².